The molecule has 0 unspecified atom stereocenters. The van der Waals surface area contributed by atoms with E-state index in [1.165, 1.54) is 0 Å². The van der Waals surface area contributed by atoms with Gasteiger partial charge in [0.25, 0.3) is 5.91 Å². The zero-order valence-electron chi connectivity index (χ0n) is 18.3. The Labute approximate surface area is 183 Å². The van der Waals surface area contributed by atoms with Crippen molar-refractivity contribution in [2.75, 3.05) is 39.4 Å². The first-order valence-corrected chi connectivity index (χ1v) is 11.7. The van der Waals surface area contributed by atoms with Crippen LogP contribution in [-0.2, 0) is 9.53 Å². The van der Waals surface area contributed by atoms with Gasteiger partial charge in [-0.3, -0.25) is 14.5 Å². The molecule has 6 rings (SSSR count). The summed E-state index contributed by atoms with van der Waals surface area (Å²) in [6, 6.07) is 7.43. The Bertz CT molecular complexity index is 855. The largest absolute Gasteiger partial charge is 0.467 e. The van der Waals surface area contributed by atoms with Gasteiger partial charge in [-0.2, -0.15) is 0 Å². The van der Waals surface area contributed by atoms with E-state index in [4.69, 9.17) is 9.47 Å². The molecule has 4 atom stereocenters. The van der Waals surface area contributed by atoms with E-state index < -0.39 is 5.72 Å². The maximum absolute atomic E-state index is 13.1. The van der Waals surface area contributed by atoms with Gasteiger partial charge in [0, 0.05) is 37.9 Å². The molecule has 3 saturated carbocycles. The van der Waals surface area contributed by atoms with Crippen molar-refractivity contribution in [2.24, 2.45) is 17.3 Å². The van der Waals surface area contributed by atoms with E-state index in [9.17, 15) is 9.59 Å². The third kappa shape index (κ3) is 3.82. The van der Waals surface area contributed by atoms with Gasteiger partial charge in [0.2, 0.25) is 5.91 Å². The van der Waals surface area contributed by atoms with Gasteiger partial charge in [0.1, 0.15) is 5.75 Å². The number of ether oxygens (including phenoxy) is 2. The molecular weight excluding hydrogens is 394 g/mol. The molecule has 0 radical (unpaired) electrons. The van der Waals surface area contributed by atoms with E-state index in [0.29, 0.717) is 24.3 Å². The van der Waals surface area contributed by atoms with Gasteiger partial charge in [0.15, 0.2) is 5.72 Å². The highest BCUT2D eigenvalue weighted by Gasteiger charge is 2.61. The molecule has 2 bridgehead atoms. The molecule has 0 aromatic heterocycles. The van der Waals surface area contributed by atoms with Gasteiger partial charge in [-0.05, 0) is 49.8 Å². The Morgan fingerprint density at radius 1 is 1.29 bits per heavy atom. The van der Waals surface area contributed by atoms with Crippen LogP contribution in [0.2, 0.25) is 0 Å². The van der Waals surface area contributed by atoms with E-state index in [1.807, 2.05) is 18.2 Å². The highest BCUT2D eigenvalue weighted by Crippen LogP contribution is 2.58. The number of benzene rings is 1. The zero-order chi connectivity index (χ0) is 21.5. The van der Waals surface area contributed by atoms with Crippen LogP contribution in [0.25, 0.3) is 0 Å². The molecule has 2 amide bonds. The van der Waals surface area contributed by atoms with Crippen LogP contribution in [0.4, 0.5) is 0 Å². The van der Waals surface area contributed by atoms with Gasteiger partial charge >= 0.3 is 0 Å². The zero-order valence-corrected chi connectivity index (χ0v) is 18.3. The smallest absolute Gasteiger partial charge is 0.258 e. The first-order chi connectivity index (χ1) is 15.0. The number of hydrogen-bond donors (Lipinski definition) is 2. The third-order valence-corrected chi connectivity index (χ3v) is 7.87. The summed E-state index contributed by atoms with van der Waals surface area (Å²) in [6.45, 7) is 7.46. The maximum atomic E-state index is 13.1. The molecule has 1 spiro atoms. The number of nitrogens with zero attached hydrogens (tertiary/aromatic N) is 1. The van der Waals surface area contributed by atoms with Crippen molar-refractivity contribution in [1.82, 2.24) is 15.5 Å². The van der Waals surface area contributed by atoms with Gasteiger partial charge in [-0.15, -0.1) is 0 Å². The number of para-hydroxylation sites is 1. The number of rotatable bonds is 5. The molecular formula is C24H33N3O4. The van der Waals surface area contributed by atoms with Crippen molar-refractivity contribution in [3.8, 4) is 5.75 Å². The van der Waals surface area contributed by atoms with Crippen LogP contribution in [0.1, 0.15) is 49.4 Å². The second-order valence-corrected chi connectivity index (χ2v) is 9.90. The van der Waals surface area contributed by atoms with Gasteiger partial charge in [-0.25, -0.2) is 0 Å². The number of amides is 2. The standard InChI is InChI=1S/C24H33N3O4/c1-23-8-7-17(24(16-23)26-21(28)18-5-2-3-6-20(18)31-24)15-19(23)22(29)25-9-4-10-27-11-13-30-14-12-27/h2-3,5-6,17,19H,4,7-16H2,1H3,(H,25,29)(H,26,28)/t17-,19+,23-,24+/m0/s1. The van der Waals surface area contributed by atoms with Gasteiger partial charge < -0.3 is 20.1 Å². The van der Waals surface area contributed by atoms with Crippen molar-refractivity contribution in [3.63, 3.8) is 0 Å². The summed E-state index contributed by atoms with van der Waals surface area (Å²) >= 11 is 0. The topological polar surface area (TPSA) is 79.9 Å². The normalized spacial score (nSPS) is 34.7. The molecule has 2 N–H and O–H groups in total. The predicted octanol–water partition coefficient (Wildman–Crippen LogP) is 2.17. The second kappa shape index (κ2) is 8.10. The predicted molar refractivity (Wildman–Crippen MR) is 116 cm³/mol. The van der Waals surface area contributed by atoms with Crippen LogP contribution in [0.15, 0.2) is 24.3 Å². The van der Waals surface area contributed by atoms with Crippen LogP contribution in [0, 0.1) is 17.3 Å². The highest BCUT2D eigenvalue weighted by molar-refractivity contribution is 5.98. The molecule has 2 aliphatic heterocycles. The Balaban J connectivity index is 1.21. The summed E-state index contributed by atoms with van der Waals surface area (Å²) in [5, 5.41) is 6.38. The van der Waals surface area contributed by atoms with Gasteiger partial charge in [0.05, 0.1) is 18.8 Å². The number of carbonyl (C=O) groups excluding carboxylic acids is 2. The minimum atomic E-state index is -0.689. The molecule has 7 heteroatoms. The van der Waals surface area contributed by atoms with Crippen molar-refractivity contribution in [3.05, 3.63) is 29.8 Å². The molecule has 31 heavy (non-hydrogen) atoms. The molecule has 7 nitrogen and oxygen atoms in total. The Morgan fingerprint density at radius 2 is 2.10 bits per heavy atom. The first kappa shape index (κ1) is 20.8. The molecule has 2 heterocycles. The monoisotopic (exact) mass is 427 g/mol. The van der Waals surface area contributed by atoms with E-state index in [0.717, 1.165) is 58.5 Å². The summed E-state index contributed by atoms with van der Waals surface area (Å²) in [6.07, 6.45) is 4.36. The Kier molecular flexibility index (Phi) is 5.42. The van der Waals surface area contributed by atoms with Crippen LogP contribution < -0.4 is 15.4 Å². The fourth-order valence-electron chi connectivity index (χ4n) is 6.12. The van der Waals surface area contributed by atoms with Crippen molar-refractivity contribution in [1.29, 1.82) is 0 Å². The van der Waals surface area contributed by atoms with E-state index >= 15 is 0 Å². The SMILES string of the molecule is C[C@@]12CC[C@@H](C[C@@H]1C(=O)NCCCN1CCOCC1)[C@]1(C2)NC(=O)c2ccccc2O1. The number of hydrogen-bond acceptors (Lipinski definition) is 5. The lowest BCUT2D eigenvalue weighted by molar-refractivity contribution is -0.167. The van der Waals surface area contributed by atoms with E-state index in [1.54, 1.807) is 6.07 Å². The fourth-order valence-corrected chi connectivity index (χ4v) is 6.12. The molecule has 3 aliphatic carbocycles. The Hall–Kier alpha value is -2.12. The molecule has 168 valence electrons. The van der Waals surface area contributed by atoms with Crippen LogP contribution in [0.5, 0.6) is 5.75 Å². The van der Waals surface area contributed by atoms with E-state index in [2.05, 4.69) is 22.5 Å². The minimum absolute atomic E-state index is 0.0297. The summed E-state index contributed by atoms with van der Waals surface area (Å²) in [7, 11) is 0. The van der Waals surface area contributed by atoms with Crippen LogP contribution in [0.3, 0.4) is 0 Å². The van der Waals surface area contributed by atoms with Crippen LogP contribution >= 0.6 is 0 Å². The second-order valence-electron chi connectivity index (χ2n) is 9.90. The molecule has 1 saturated heterocycles. The average Bonchev–Trinajstić information content (AvgIpc) is 2.77. The summed E-state index contributed by atoms with van der Waals surface area (Å²) in [4.78, 5) is 28.3. The molecule has 1 aromatic rings. The summed E-state index contributed by atoms with van der Waals surface area (Å²) in [5.41, 5.74) is -0.275. The lowest BCUT2D eigenvalue weighted by Gasteiger charge is -2.59. The fraction of sp³-hybridized carbons (Fsp3) is 0.667. The molecule has 5 aliphatic rings. The minimum Gasteiger partial charge on any atom is -0.467 e. The lowest BCUT2D eigenvalue weighted by atomic mass is 9.52. The summed E-state index contributed by atoms with van der Waals surface area (Å²) in [5.74, 6) is 0.869. The molecule has 1 aromatic carbocycles. The third-order valence-electron chi connectivity index (χ3n) is 7.87. The van der Waals surface area contributed by atoms with E-state index in [-0.39, 0.29) is 29.1 Å². The van der Waals surface area contributed by atoms with Crippen LogP contribution in [-0.4, -0.2) is 61.8 Å². The van der Waals surface area contributed by atoms with Crippen molar-refractivity contribution >= 4 is 11.8 Å². The first-order valence-electron chi connectivity index (χ1n) is 11.7. The number of morpholine rings is 1. The maximum Gasteiger partial charge on any atom is 0.258 e. The summed E-state index contributed by atoms with van der Waals surface area (Å²) < 4.78 is 11.8. The average molecular weight is 428 g/mol. The quantitative estimate of drug-likeness (QED) is 0.704. The number of nitrogens with one attached hydrogen (secondary N) is 2. The molecule has 4 fully saturated rings. The lowest BCUT2D eigenvalue weighted by Crippen LogP contribution is -2.69. The highest BCUT2D eigenvalue weighted by atomic mass is 16.5. The Morgan fingerprint density at radius 3 is 2.90 bits per heavy atom. The van der Waals surface area contributed by atoms with Gasteiger partial charge in [-0.1, -0.05) is 19.1 Å². The van der Waals surface area contributed by atoms with Crippen molar-refractivity contribution in [2.45, 2.75) is 44.8 Å². The van der Waals surface area contributed by atoms with Crippen molar-refractivity contribution < 1.29 is 19.1 Å². The number of fused-ring (bicyclic) bond motifs is 3. The number of carbonyl (C=O) groups is 2.